The predicted molar refractivity (Wildman–Crippen MR) is 188 cm³/mol. The van der Waals surface area contributed by atoms with E-state index in [1.165, 1.54) is 0 Å². The third-order valence-corrected chi connectivity index (χ3v) is 7.56. The van der Waals surface area contributed by atoms with Crippen LogP contribution in [0.25, 0.3) is 21.8 Å². The van der Waals surface area contributed by atoms with Gasteiger partial charge in [0.05, 0.1) is 22.4 Å². The number of aliphatic imine (C=N–C) groups is 2. The van der Waals surface area contributed by atoms with Crippen molar-refractivity contribution < 1.29 is 9.47 Å². The molecule has 0 N–H and O–H groups in total. The van der Waals surface area contributed by atoms with Crippen LogP contribution in [0.1, 0.15) is 22.3 Å². The fourth-order valence-corrected chi connectivity index (χ4v) is 5.04. The highest BCUT2D eigenvalue weighted by Gasteiger charge is 2.04. The second-order valence-corrected chi connectivity index (χ2v) is 10.9. The van der Waals surface area contributed by atoms with E-state index in [4.69, 9.17) is 24.4 Å². The van der Waals surface area contributed by atoms with E-state index in [1.54, 1.807) is 0 Å². The molecule has 1 aromatic heterocycles. The maximum Gasteiger partial charge on any atom is 0.119 e. The van der Waals surface area contributed by atoms with Gasteiger partial charge in [-0.1, -0.05) is 72.8 Å². The molecule has 7 rings (SSSR count). The van der Waals surface area contributed by atoms with Crippen LogP contribution in [0, 0.1) is 0 Å². The fourth-order valence-electron chi connectivity index (χ4n) is 5.04. The van der Waals surface area contributed by atoms with Gasteiger partial charge in [-0.15, -0.1) is 0 Å². The maximum atomic E-state index is 5.90. The normalized spacial score (nSPS) is 11.5. The Morgan fingerprint density at radius 3 is 1.33 bits per heavy atom. The lowest BCUT2D eigenvalue weighted by Crippen LogP contribution is -1.95. The van der Waals surface area contributed by atoms with Crippen LogP contribution in [0.5, 0.6) is 11.5 Å². The predicted octanol–water partition coefficient (Wildman–Crippen LogP) is 10.0. The van der Waals surface area contributed by atoms with Crippen molar-refractivity contribution in [3.8, 4) is 11.5 Å². The zero-order valence-corrected chi connectivity index (χ0v) is 25.2. The van der Waals surface area contributed by atoms with Gasteiger partial charge in [0.2, 0.25) is 0 Å². The van der Waals surface area contributed by atoms with E-state index in [0.29, 0.717) is 13.2 Å². The standard InChI is InChI=1S/C41H31N3O2/c1-3-7-32(8-4-1)28-45-38-19-11-30(12-20-38)26-42-36-17-15-34-23-35-16-18-37(25-41(35)44-40(34)24-36)43-27-31-13-21-39(22-14-31)46-29-33-9-5-2-6-10-33/h1-27H,28-29H2. The molecule has 0 aliphatic carbocycles. The summed E-state index contributed by atoms with van der Waals surface area (Å²) in [5, 5.41) is 2.13. The molecule has 0 atom stereocenters. The third-order valence-electron chi connectivity index (χ3n) is 7.56. The molecule has 6 aromatic carbocycles. The summed E-state index contributed by atoms with van der Waals surface area (Å²) in [7, 11) is 0. The van der Waals surface area contributed by atoms with Gasteiger partial charge in [0.1, 0.15) is 24.7 Å². The SMILES string of the molecule is C(=Nc1ccc2cc3ccc(N=Cc4ccc(OCc5ccccc5)cc4)cc3nc2c1)c1ccc(OCc2ccccc2)cc1. The summed E-state index contributed by atoms with van der Waals surface area (Å²) in [5.74, 6) is 1.65. The van der Waals surface area contributed by atoms with Crippen molar-refractivity contribution in [2.45, 2.75) is 13.2 Å². The molecule has 46 heavy (non-hydrogen) atoms. The summed E-state index contributed by atoms with van der Waals surface area (Å²) in [6.07, 6.45) is 3.72. The second-order valence-electron chi connectivity index (χ2n) is 10.9. The van der Waals surface area contributed by atoms with Gasteiger partial charge in [-0.25, -0.2) is 4.98 Å². The summed E-state index contributed by atoms with van der Waals surface area (Å²) in [6, 6.07) is 50.5. The van der Waals surface area contributed by atoms with Crippen LogP contribution >= 0.6 is 0 Å². The molecule has 0 saturated carbocycles. The molecule has 0 aliphatic heterocycles. The zero-order valence-electron chi connectivity index (χ0n) is 25.2. The molecule has 5 nitrogen and oxygen atoms in total. The molecule has 7 aromatic rings. The van der Waals surface area contributed by atoms with Crippen molar-refractivity contribution in [3.63, 3.8) is 0 Å². The van der Waals surface area contributed by atoms with E-state index in [-0.39, 0.29) is 0 Å². The van der Waals surface area contributed by atoms with Gasteiger partial charge in [-0.2, -0.15) is 0 Å². The number of nitrogens with zero attached hydrogens (tertiary/aromatic N) is 3. The van der Waals surface area contributed by atoms with Crippen molar-refractivity contribution in [1.29, 1.82) is 0 Å². The Morgan fingerprint density at radius 1 is 0.457 bits per heavy atom. The zero-order chi connectivity index (χ0) is 31.0. The van der Waals surface area contributed by atoms with E-state index in [1.807, 2.05) is 122 Å². The van der Waals surface area contributed by atoms with E-state index in [0.717, 1.165) is 66.9 Å². The molecule has 0 radical (unpaired) electrons. The van der Waals surface area contributed by atoms with Crippen LogP contribution in [0.15, 0.2) is 162 Å². The van der Waals surface area contributed by atoms with Crippen LogP contribution in [0.3, 0.4) is 0 Å². The minimum atomic E-state index is 0.542. The highest BCUT2D eigenvalue weighted by Crippen LogP contribution is 2.27. The monoisotopic (exact) mass is 597 g/mol. The molecule has 222 valence electrons. The van der Waals surface area contributed by atoms with Gasteiger partial charge in [0.25, 0.3) is 0 Å². The second kappa shape index (κ2) is 13.7. The number of ether oxygens (including phenoxy) is 2. The number of hydrogen-bond acceptors (Lipinski definition) is 5. The van der Waals surface area contributed by atoms with Gasteiger partial charge in [0.15, 0.2) is 0 Å². The van der Waals surface area contributed by atoms with Crippen molar-refractivity contribution in [2.75, 3.05) is 0 Å². The summed E-state index contributed by atoms with van der Waals surface area (Å²) in [4.78, 5) is 14.4. The minimum absolute atomic E-state index is 0.542. The number of aromatic nitrogens is 1. The molecule has 5 heteroatoms. The lowest BCUT2D eigenvalue weighted by atomic mass is 10.1. The van der Waals surface area contributed by atoms with Crippen molar-refractivity contribution in [3.05, 3.63) is 174 Å². The highest BCUT2D eigenvalue weighted by molar-refractivity contribution is 5.95. The van der Waals surface area contributed by atoms with Gasteiger partial charge in [-0.05, 0) is 101 Å². The van der Waals surface area contributed by atoms with Crippen molar-refractivity contribution in [1.82, 2.24) is 4.98 Å². The minimum Gasteiger partial charge on any atom is -0.489 e. The Hall–Kier alpha value is -6.07. The smallest absolute Gasteiger partial charge is 0.119 e. The van der Waals surface area contributed by atoms with Gasteiger partial charge in [-0.3, -0.25) is 9.98 Å². The first kappa shape index (κ1) is 28.7. The number of rotatable bonds is 10. The maximum absolute atomic E-state index is 5.90. The summed E-state index contributed by atoms with van der Waals surface area (Å²) < 4.78 is 11.8. The Labute approximate surface area is 268 Å². The van der Waals surface area contributed by atoms with E-state index in [9.17, 15) is 0 Å². The van der Waals surface area contributed by atoms with Crippen molar-refractivity contribution in [2.24, 2.45) is 9.98 Å². The number of pyridine rings is 1. The molecule has 0 unspecified atom stereocenters. The molecule has 1 heterocycles. The molecule has 0 bridgehead atoms. The Bertz CT molecular complexity index is 1970. The van der Waals surface area contributed by atoms with Gasteiger partial charge in [0, 0.05) is 23.2 Å². The third kappa shape index (κ3) is 7.34. The highest BCUT2D eigenvalue weighted by atomic mass is 16.5. The van der Waals surface area contributed by atoms with E-state index >= 15 is 0 Å². The average molecular weight is 598 g/mol. The van der Waals surface area contributed by atoms with Gasteiger partial charge < -0.3 is 9.47 Å². The first-order valence-electron chi connectivity index (χ1n) is 15.2. The quantitative estimate of drug-likeness (QED) is 0.116. The van der Waals surface area contributed by atoms with E-state index in [2.05, 4.69) is 42.5 Å². The molecule has 0 spiro atoms. The van der Waals surface area contributed by atoms with E-state index < -0.39 is 0 Å². The first-order valence-corrected chi connectivity index (χ1v) is 15.2. The molecule has 0 saturated heterocycles. The number of benzene rings is 6. The largest absolute Gasteiger partial charge is 0.489 e. The summed E-state index contributed by atoms with van der Waals surface area (Å²) in [5.41, 5.74) is 7.73. The topological polar surface area (TPSA) is 56.1 Å². The molecule has 0 aliphatic rings. The lowest BCUT2D eigenvalue weighted by molar-refractivity contribution is 0.306. The van der Waals surface area contributed by atoms with Crippen LogP contribution in [0.4, 0.5) is 11.4 Å². The molecular formula is C41H31N3O2. The first-order chi connectivity index (χ1) is 22.7. The van der Waals surface area contributed by atoms with Crippen LogP contribution < -0.4 is 9.47 Å². The Kier molecular flexibility index (Phi) is 8.55. The van der Waals surface area contributed by atoms with Gasteiger partial charge >= 0.3 is 0 Å². The van der Waals surface area contributed by atoms with Crippen molar-refractivity contribution >= 4 is 45.6 Å². The Morgan fingerprint density at radius 2 is 0.891 bits per heavy atom. The Balaban J connectivity index is 1.01. The van der Waals surface area contributed by atoms with Crippen LogP contribution in [0.2, 0.25) is 0 Å². The van der Waals surface area contributed by atoms with Crippen LogP contribution in [-0.2, 0) is 13.2 Å². The molecule has 0 fully saturated rings. The summed E-state index contributed by atoms with van der Waals surface area (Å²) >= 11 is 0. The molecular weight excluding hydrogens is 566 g/mol. The molecule has 0 amide bonds. The average Bonchev–Trinajstić information content (AvgIpc) is 3.12. The van der Waals surface area contributed by atoms with Crippen LogP contribution in [-0.4, -0.2) is 17.4 Å². The fraction of sp³-hybridized carbons (Fsp3) is 0.0488. The number of fused-ring (bicyclic) bond motifs is 2. The number of hydrogen-bond donors (Lipinski definition) is 0. The lowest BCUT2D eigenvalue weighted by Gasteiger charge is -2.06. The summed E-state index contributed by atoms with van der Waals surface area (Å²) in [6.45, 7) is 1.08.